The molecule has 1 amide bonds. The number of hydrogen-bond acceptors (Lipinski definition) is 3. The van der Waals surface area contributed by atoms with Gasteiger partial charge in [-0.2, -0.15) is 0 Å². The molecule has 1 aromatic rings. The fraction of sp³-hybridized carbons (Fsp3) is 0.462. The van der Waals surface area contributed by atoms with E-state index in [-0.39, 0.29) is 18.1 Å². The molecule has 0 saturated carbocycles. The zero-order valence-electron chi connectivity index (χ0n) is 10.5. The van der Waals surface area contributed by atoms with Crippen LogP contribution in [0, 0.1) is 0 Å². The van der Waals surface area contributed by atoms with Crippen molar-refractivity contribution >= 4 is 17.5 Å². The van der Waals surface area contributed by atoms with E-state index in [1.165, 1.54) is 0 Å². The Hall–Kier alpha value is -1.42. The zero-order valence-corrected chi connectivity index (χ0v) is 11.2. The number of amides is 1. The molecule has 18 heavy (non-hydrogen) atoms. The van der Waals surface area contributed by atoms with Crippen molar-refractivity contribution in [3.63, 3.8) is 0 Å². The molecule has 1 heterocycles. The standard InChI is InChI=1S/C13H16ClNO3/c1-9(14)5-6-15(2)13(16)10-3-4-11-12(7-10)18-8-17-11/h3-4,7,9H,5-6,8H2,1-2H3. The van der Waals surface area contributed by atoms with Crippen LogP contribution in [0.3, 0.4) is 0 Å². The van der Waals surface area contributed by atoms with Gasteiger partial charge < -0.3 is 14.4 Å². The number of nitrogens with zero attached hydrogens (tertiary/aromatic N) is 1. The monoisotopic (exact) mass is 269 g/mol. The van der Waals surface area contributed by atoms with E-state index in [1.807, 2.05) is 6.92 Å². The van der Waals surface area contributed by atoms with Gasteiger partial charge in [0.1, 0.15) is 0 Å². The smallest absolute Gasteiger partial charge is 0.253 e. The van der Waals surface area contributed by atoms with Crippen molar-refractivity contribution in [2.24, 2.45) is 0 Å². The molecule has 98 valence electrons. The summed E-state index contributed by atoms with van der Waals surface area (Å²) in [5, 5.41) is 0.0667. The molecule has 0 spiro atoms. The third kappa shape index (κ3) is 2.88. The number of hydrogen-bond donors (Lipinski definition) is 0. The van der Waals surface area contributed by atoms with Gasteiger partial charge in [0.05, 0.1) is 0 Å². The van der Waals surface area contributed by atoms with E-state index in [1.54, 1.807) is 30.1 Å². The van der Waals surface area contributed by atoms with Gasteiger partial charge in [0, 0.05) is 24.5 Å². The molecule has 0 fully saturated rings. The van der Waals surface area contributed by atoms with E-state index in [2.05, 4.69) is 0 Å². The molecule has 4 nitrogen and oxygen atoms in total. The molecule has 1 unspecified atom stereocenters. The molecule has 5 heteroatoms. The molecule has 0 saturated heterocycles. The third-order valence-corrected chi connectivity index (χ3v) is 3.05. The fourth-order valence-electron chi connectivity index (χ4n) is 1.72. The minimum atomic E-state index is -0.0365. The first kappa shape index (κ1) is 13.0. The van der Waals surface area contributed by atoms with Crippen LogP contribution in [0.2, 0.25) is 0 Å². The highest BCUT2D eigenvalue weighted by molar-refractivity contribution is 6.20. The van der Waals surface area contributed by atoms with Gasteiger partial charge in [-0.1, -0.05) is 0 Å². The lowest BCUT2D eigenvalue weighted by Crippen LogP contribution is -2.28. The van der Waals surface area contributed by atoms with Crippen LogP contribution in [-0.4, -0.2) is 36.6 Å². The summed E-state index contributed by atoms with van der Waals surface area (Å²) in [6, 6.07) is 5.22. The molecule has 1 aromatic carbocycles. The van der Waals surface area contributed by atoms with Crippen molar-refractivity contribution in [3.8, 4) is 11.5 Å². The zero-order chi connectivity index (χ0) is 13.1. The second-order valence-electron chi connectivity index (χ2n) is 4.36. The minimum absolute atomic E-state index is 0.0365. The molecular weight excluding hydrogens is 254 g/mol. The third-order valence-electron chi connectivity index (χ3n) is 2.83. The van der Waals surface area contributed by atoms with Crippen LogP contribution < -0.4 is 9.47 Å². The predicted molar refractivity (Wildman–Crippen MR) is 69.5 cm³/mol. The maximum atomic E-state index is 12.1. The average molecular weight is 270 g/mol. The molecular formula is C13H16ClNO3. The van der Waals surface area contributed by atoms with Gasteiger partial charge in [-0.05, 0) is 31.5 Å². The van der Waals surface area contributed by atoms with Crippen molar-refractivity contribution in [1.29, 1.82) is 0 Å². The summed E-state index contributed by atoms with van der Waals surface area (Å²) in [5.74, 6) is 1.27. The van der Waals surface area contributed by atoms with Gasteiger partial charge in [-0.15, -0.1) is 11.6 Å². The number of fused-ring (bicyclic) bond motifs is 1. The number of halogens is 1. The van der Waals surface area contributed by atoms with Crippen LogP contribution >= 0.6 is 11.6 Å². The Balaban J connectivity index is 2.04. The van der Waals surface area contributed by atoms with Gasteiger partial charge in [0.25, 0.3) is 5.91 Å². The Labute approximate surface area is 111 Å². The molecule has 0 radical (unpaired) electrons. The van der Waals surface area contributed by atoms with E-state index in [4.69, 9.17) is 21.1 Å². The van der Waals surface area contributed by atoms with E-state index in [9.17, 15) is 4.79 Å². The van der Waals surface area contributed by atoms with Gasteiger partial charge in [-0.3, -0.25) is 4.79 Å². The molecule has 0 bridgehead atoms. The van der Waals surface area contributed by atoms with Crippen LogP contribution in [0.5, 0.6) is 11.5 Å². The minimum Gasteiger partial charge on any atom is -0.454 e. The van der Waals surface area contributed by atoms with E-state index in [0.717, 1.165) is 6.42 Å². The molecule has 0 aliphatic carbocycles. The van der Waals surface area contributed by atoms with Gasteiger partial charge in [0.15, 0.2) is 11.5 Å². The number of ether oxygens (including phenoxy) is 2. The van der Waals surface area contributed by atoms with Gasteiger partial charge in [0.2, 0.25) is 6.79 Å². The molecule has 2 rings (SSSR count). The molecule has 0 N–H and O–H groups in total. The Kier molecular flexibility index (Phi) is 3.97. The number of alkyl halides is 1. The SMILES string of the molecule is CC(Cl)CCN(C)C(=O)c1ccc2c(c1)OCO2. The van der Waals surface area contributed by atoms with E-state index in [0.29, 0.717) is 23.6 Å². The Bertz CT molecular complexity index is 448. The van der Waals surface area contributed by atoms with Gasteiger partial charge >= 0.3 is 0 Å². The Morgan fingerprint density at radius 3 is 2.89 bits per heavy atom. The van der Waals surface area contributed by atoms with Crippen LogP contribution in [0.1, 0.15) is 23.7 Å². The lowest BCUT2D eigenvalue weighted by atomic mass is 10.1. The Morgan fingerprint density at radius 2 is 2.17 bits per heavy atom. The van der Waals surface area contributed by atoms with E-state index >= 15 is 0 Å². The second kappa shape index (κ2) is 5.48. The summed E-state index contributed by atoms with van der Waals surface area (Å²) in [7, 11) is 1.77. The predicted octanol–water partition coefficient (Wildman–Crippen LogP) is 2.50. The summed E-state index contributed by atoms with van der Waals surface area (Å²) in [6.07, 6.45) is 0.772. The van der Waals surface area contributed by atoms with Crippen molar-refractivity contribution < 1.29 is 14.3 Å². The summed E-state index contributed by atoms with van der Waals surface area (Å²) in [6.45, 7) is 2.77. The molecule has 0 aromatic heterocycles. The maximum Gasteiger partial charge on any atom is 0.253 e. The largest absolute Gasteiger partial charge is 0.454 e. The first-order valence-corrected chi connectivity index (χ1v) is 6.31. The van der Waals surface area contributed by atoms with Crippen LogP contribution in [-0.2, 0) is 0 Å². The number of rotatable bonds is 4. The van der Waals surface area contributed by atoms with Crippen molar-refractivity contribution in [1.82, 2.24) is 4.90 Å². The lowest BCUT2D eigenvalue weighted by Gasteiger charge is -2.18. The molecule has 1 aliphatic heterocycles. The van der Waals surface area contributed by atoms with Crippen LogP contribution in [0.4, 0.5) is 0 Å². The highest BCUT2D eigenvalue weighted by Gasteiger charge is 2.18. The van der Waals surface area contributed by atoms with Crippen LogP contribution in [0.25, 0.3) is 0 Å². The summed E-state index contributed by atoms with van der Waals surface area (Å²) >= 11 is 5.87. The van der Waals surface area contributed by atoms with Crippen molar-refractivity contribution in [3.05, 3.63) is 23.8 Å². The first-order valence-electron chi connectivity index (χ1n) is 5.87. The van der Waals surface area contributed by atoms with E-state index < -0.39 is 0 Å². The molecule has 1 atom stereocenters. The quantitative estimate of drug-likeness (QED) is 0.789. The maximum absolute atomic E-state index is 12.1. The average Bonchev–Trinajstić information content (AvgIpc) is 2.81. The number of carbonyl (C=O) groups is 1. The number of carbonyl (C=O) groups excluding carboxylic acids is 1. The fourth-order valence-corrected chi connectivity index (χ4v) is 1.82. The summed E-state index contributed by atoms with van der Waals surface area (Å²) in [4.78, 5) is 13.8. The van der Waals surface area contributed by atoms with Crippen molar-refractivity contribution in [2.75, 3.05) is 20.4 Å². The Morgan fingerprint density at radius 1 is 1.44 bits per heavy atom. The van der Waals surface area contributed by atoms with Crippen LogP contribution in [0.15, 0.2) is 18.2 Å². The second-order valence-corrected chi connectivity index (χ2v) is 5.11. The summed E-state index contributed by atoms with van der Waals surface area (Å²) in [5.41, 5.74) is 0.601. The topological polar surface area (TPSA) is 38.8 Å². The lowest BCUT2D eigenvalue weighted by molar-refractivity contribution is 0.0793. The first-order chi connectivity index (χ1) is 8.58. The molecule has 1 aliphatic rings. The number of benzene rings is 1. The summed E-state index contributed by atoms with van der Waals surface area (Å²) < 4.78 is 10.5. The highest BCUT2D eigenvalue weighted by atomic mass is 35.5. The van der Waals surface area contributed by atoms with Gasteiger partial charge in [-0.25, -0.2) is 0 Å². The van der Waals surface area contributed by atoms with Crippen molar-refractivity contribution in [2.45, 2.75) is 18.7 Å². The normalized spacial score (nSPS) is 14.4. The highest BCUT2D eigenvalue weighted by Crippen LogP contribution is 2.32.